The molecule has 0 aromatic carbocycles. The smallest absolute Gasteiger partial charge is 0.0544 e. The minimum Gasteiger partial charge on any atom is -0.310 e. The maximum atomic E-state index is 4.57. The van der Waals surface area contributed by atoms with Gasteiger partial charge in [-0.05, 0) is 30.9 Å². The predicted molar refractivity (Wildman–Crippen MR) is 73.1 cm³/mol. The number of hydrogen-bond acceptors (Lipinski definition) is 3. The zero-order chi connectivity index (χ0) is 12.2. The van der Waals surface area contributed by atoms with Gasteiger partial charge in [0.15, 0.2) is 0 Å². The number of hydrogen-bond donors (Lipinski definition) is 1. The van der Waals surface area contributed by atoms with Gasteiger partial charge in [0.25, 0.3) is 0 Å². The van der Waals surface area contributed by atoms with Crippen molar-refractivity contribution in [3.8, 4) is 0 Å². The lowest BCUT2D eigenvalue weighted by Crippen LogP contribution is -2.27. The molecule has 1 aromatic heterocycles. The molecule has 2 aliphatic rings. The Labute approximate surface area is 109 Å². The number of nitrogens with zero attached hydrogens (tertiary/aromatic N) is 2. The average molecular weight is 243 g/mol. The molecule has 0 radical (unpaired) electrons. The van der Waals surface area contributed by atoms with E-state index in [1.165, 1.54) is 30.5 Å². The van der Waals surface area contributed by atoms with E-state index in [9.17, 15) is 0 Å². The first-order chi connectivity index (χ1) is 8.90. The third-order valence-electron chi connectivity index (χ3n) is 3.59. The van der Waals surface area contributed by atoms with Gasteiger partial charge in [0, 0.05) is 38.4 Å². The van der Waals surface area contributed by atoms with Crippen LogP contribution in [0.15, 0.2) is 30.5 Å². The minimum atomic E-state index is 0.768. The fourth-order valence-corrected chi connectivity index (χ4v) is 2.27. The Morgan fingerprint density at radius 1 is 1.28 bits per heavy atom. The summed E-state index contributed by atoms with van der Waals surface area (Å²) in [5, 5.41) is 3.51. The predicted octanol–water partition coefficient (Wildman–Crippen LogP) is 2.10. The summed E-state index contributed by atoms with van der Waals surface area (Å²) in [5.41, 5.74) is 2.48. The summed E-state index contributed by atoms with van der Waals surface area (Å²) < 4.78 is 0. The first-order valence-corrected chi connectivity index (χ1v) is 6.95. The first-order valence-electron chi connectivity index (χ1n) is 6.95. The lowest BCUT2D eigenvalue weighted by Gasteiger charge is -2.22. The number of rotatable bonds is 5. The molecular weight excluding hydrogens is 222 g/mol. The van der Waals surface area contributed by atoms with E-state index in [0.29, 0.717) is 0 Å². The van der Waals surface area contributed by atoms with Gasteiger partial charge in [-0.25, -0.2) is 0 Å². The van der Waals surface area contributed by atoms with Gasteiger partial charge < -0.3 is 5.32 Å². The normalized spacial score (nSPS) is 20.2. The van der Waals surface area contributed by atoms with Crippen LogP contribution in [0, 0.1) is 0 Å². The quantitative estimate of drug-likeness (QED) is 0.803. The van der Waals surface area contributed by atoms with Crippen LogP contribution < -0.4 is 5.32 Å². The van der Waals surface area contributed by atoms with Crippen molar-refractivity contribution >= 4 is 0 Å². The van der Waals surface area contributed by atoms with Crippen LogP contribution in [0.3, 0.4) is 0 Å². The molecule has 0 unspecified atom stereocenters. The number of nitrogens with one attached hydrogen (secondary N) is 1. The van der Waals surface area contributed by atoms with Crippen molar-refractivity contribution in [1.82, 2.24) is 15.2 Å². The van der Waals surface area contributed by atoms with Crippen molar-refractivity contribution in [3.63, 3.8) is 0 Å². The van der Waals surface area contributed by atoms with E-state index in [2.05, 4.69) is 39.5 Å². The van der Waals surface area contributed by atoms with Crippen molar-refractivity contribution in [3.05, 3.63) is 41.7 Å². The molecule has 2 heterocycles. The Bertz CT molecular complexity index is 406. The molecule has 0 atom stereocenters. The zero-order valence-electron chi connectivity index (χ0n) is 10.8. The van der Waals surface area contributed by atoms with Crippen molar-refractivity contribution in [1.29, 1.82) is 0 Å². The highest BCUT2D eigenvalue weighted by molar-refractivity contribution is 5.14. The van der Waals surface area contributed by atoms with Crippen molar-refractivity contribution in [2.24, 2.45) is 0 Å². The Morgan fingerprint density at radius 2 is 2.22 bits per heavy atom. The van der Waals surface area contributed by atoms with E-state index >= 15 is 0 Å². The SMILES string of the molecule is C1=CCN(Cc2ccc(CNC3CC3)cn2)CC1. The van der Waals surface area contributed by atoms with Crippen LogP contribution in [-0.2, 0) is 13.1 Å². The molecule has 1 aliphatic carbocycles. The Morgan fingerprint density at radius 3 is 2.89 bits per heavy atom. The van der Waals surface area contributed by atoms with E-state index < -0.39 is 0 Å². The van der Waals surface area contributed by atoms with E-state index in [4.69, 9.17) is 0 Å². The molecule has 0 bridgehead atoms. The highest BCUT2D eigenvalue weighted by Gasteiger charge is 2.19. The molecule has 96 valence electrons. The van der Waals surface area contributed by atoms with Gasteiger partial charge in [0.2, 0.25) is 0 Å². The van der Waals surface area contributed by atoms with Crippen LogP contribution in [0.2, 0.25) is 0 Å². The van der Waals surface area contributed by atoms with Crippen molar-refractivity contribution in [2.45, 2.75) is 38.4 Å². The highest BCUT2D eigenvalue weighted by atomic mass is 15.1. The molecule has 0 saturated heterocycles. The molecule has 0 amide bonds. The van der Waals surface area contributed by atoms with Gasteiger partial charge in [-0.3, -0.25) is 9.88 Å². The second-order valence-corrected chi connectivity index (χ2v) is 5.31. The summed E-state index contributed by atoms with van der Waals surface area (Å²) in [6, 6.07) is 5.14. The largest absolute Gasteiger partial charge is 0.310 e. The van der Waals surface area contributed by atoms with Crippen LogP contribution in [0.5, 0.6) is 0 Å². The van der Waals surface area contributed by atoms with E-state index in [0.717, 1.165) is 32.2 Å². The molecule has 3 nitrogen and oxygen atoms in total. The summed E-state index contributed by atoms with van der Waals surface area (Å²) in [5.74, 6) is 0. The van der Waals surface area contributed by atoms with E-state index in [1.807, 2.05) is 6.20 Å². The van der Waals surface area contributed by atoms with Gasteiger partial charge in [-0.15, -0.1) is 0 Å². The topological polar surface area (TPSA) is 28.2 Å². The first kappa shape index (κ1) is 11.9. The Balaban J connectivity index is 1.51. The number of pyridine rings is 1. The van der Waals surface area contributed by atoms with Crippen molar-refractivity contribution in [2.75, 3.05) is 13.1 Å². The molecule has 1 fully saturated rings. The fourth-order valence-electron chi connectivity index (χ4n) is 2.27. The van der Waals surface area contributed by atoms with Crippen molar-refractivity contribution < 1.29 is 0 Å². The van der Waals surface area contributed by atoms with Crippen LogP contribution in [0.1, 0.15) is 30.5 Å². The average Bonchev–Trinajstić information content (AvgIpc) is 3.23. The summed E-state index contributed by atoms with van der Waals surface area (Å²) in [4.78, 5) is 7.00. The van der Waals surface area contributed by atoms with Gasteiger partial charge in [0.1, 0.15) is 0 Å². The molecule has 1 aliphatic heterocycles. The van der Waals surface area contributed by atoms with Gasteiger partial charge >= 0.3 is 0 Å². The molecule has 0 spiro atoms. The standard InChI is InChI=1S/C15H21N3/c1-2-8-18(9-3-1)12-15-5-4-13(11-17-15)10-16-14-6-7-14/h1-2,4-5,11,14,16H,3,6-10,12H2. The molecule has 3 heteroatoms. The van der Waals surface area contributed by atoms with Crippen LogP contribution >= 0.6 is 0 Å². The van der Waals surface area contributed by atoms with Gasteiger partial charge in [-0.1, -0.05) is 18.2 Å². The minimum absolute atomic E-state index is 0.768. The maximum absolute atomic E-state index is 4.57. The van der Waals surface area contributed by atoms with Crippen LogP contribution in [0.25, 0.3) is 0 Å². The lowest BCUT2D eigenvalue weighted by atomic mass is 10.2. The molecule has 18 heavy (non-hydrogen) atoms. The third kappa shape index (κ3) is 3.40. The monoisotopic (exact) mass is 243 g/mol. The van der Waals surface area contributed by atoms with Crippen LogP contribution in [-0.4, -0.2) is 29.0 Å². The molecule has 1 N–H and O–H groups in total. The molecular formula is C15H21N3. The fraction of sp³-hybridized carbons (Fsp3) is 0.533. The third-order valence-corrected chi connectivity index (χ3v) is 3.59. The second kappa shape index (κ2) is 5.63. The van der Waals surface area contributed by atoms with Gasteiger partial charge in [-0.2, -0.15) is 0 Å². The van der Waals surface area contributed by atoms with Crippen LogP contribution in [0.4, 0.5) is 0 Å². The summed E-state index contributed by atoms with van der Waals surface area (Å²) in [6.07, 6.45) is 10.4. The molecule has 1 aromatic rings. The summed E-state index contributed by atoms with van der Waals surface area (Å²) in [7, 11) is 0. The maximum Gasteiger partial charge on any atom is 0.0544 e. The Kier molecular flexibility index (Phi) is 3.72. The van der Waals surface area contributed by atoms with E-state index in [-0.39, 0.29) is 0 Å². The summed E-state index contributed by atoms with van der Waals surface area (Å²) in [6.45, 7) is 4.15. The summed E-state index contributed by atoms with van der Waals surface area (Å²) >= 11 is 0. The lowest BCUT2D eigenvalue weighted by molar-refractivity contribution is 0.287. The molecule has 3 rings (SSSR count). The molecule has 1 saturated carbocycles. The highest BCUT2D eigenvalue weighted by Crippen LogP contribution is 2.19. The Hall–Kier alpha value is -1.19. The van der Waals surface area contributed by atoms with E-state index in [1.54, 1.807) is 0 Å². The second-order valence-electron chi connectivity index (χ2n) is 5.31. The zero-order valence-corrected chi connectivity index (χ0v) is 10.8. The number of aromatic nitrogens is 1. The van der Waals surface area contributed by atoms with Gasteiger partial charge in [0.05, 0.1) is 5.69 Å².